The molecule has 27 heavy (non-hydrogen) atoms. The third-order valence-electron chi connectivity index (χ3n) is 4.40. The van der Waals surface area contributed by atoms with E-state index in [0.717, 1.165) is 4.90 Å². The lowest BCUT2D eigenvalue weighted by molar-refractivity contribution is 0.0638. The van der Waals surface area contributed by atoms with E-state index < -0.39 is 11.8 Å². The topological polar surface area (TPSA) is 75.7 Å². The minimum Gasteiger partial charge on any atom is -0.385 e. The number of benzene rings is 2. The predicted molar refractivity (Wildman–Crippen MR) is 97.4 cm³/mol. The van der Waals surface area contributed by atoms with Crippen LogP contribution in [0.2, 0.25) is 0 Å². The van der Waals surface area contributed by atoms with E-state index in [0.29, 0.717) is 24.3 Å². The Morgan fingerprint density at radius 2 is 1.85 bits per heavy atom. The summed E-state index contributed by atoms with van der Waals surface area (Å²) in [5, 5.41) is 2.69. The molecule has 0 aliphatic carbocycles. The lowest BCUT2D eigenvalue weighted by atomic mass is 10.0. The third-order valence-corrected chi connectivity index (χ3v) is 4.40. The highest BCUT2D eigenvalue weighted by molar-refractivity contribution is 6.22. The summed E-state index contributed by atoms with van der Waals surface area (Å²) in [5.41, 5.74) is 1.80. The van der Waals surface area contributed by atoms with Crippen molar-refractivity contribution in [3.8, 4) is 0 Å². The SMILES string of the molecule is COCCCN1C(=O)c2ccc(C(=O)Nc3ccc(F)cc3C)cc2C1=O. The number of rotatable bonds is 6. The molecule has 1 heterocycles. The number of halogens is 1. The second-order valence-corrected chi connectivity index (χ2v) is 6.28. The fraction of sp³-hybridized carbons (Fsp3) is 0.250. The number of ether oxygens (including phenoxy) is 1. The molecule has 1 N–H and O–H groups in total. The number of carbonyl (C=O) groups is 3. The summed E-state index contributed by atoms with van der Waals surface area (Å²) in [6.07, 6.45) is 0.541. The van der Waals surface area contributed by atoms with Crippen molar-refractivity contribution >= 4 is 23.4 Å². The van der Waals surface area contributed by atoms with E-state index in [1.54, 1.807) is 14.0 Å². The standard InChI is InChI=1S/C20H19FN2O4/c1-12-10-14(21)5-7-17(12)22-18(24)13-4-6-15-16(11-13)20(26)23(19(15)25)8-3-9-27-2/h4-7,10-11H,3,8-9H2,1-2H3,(H,22,24). The van der Waals surface area contributed by atoms with E-state index in [4.69, 9.17) is 4.74 Å². The molecule has 140 valence electrons. The quantitative estimate of drug-likeness (QED) is 0.626. The molecule has 7 heteroatoms. The Bertz CT molecular complexity index is 926. The van der Waals surface area contributed by atoms with Crippen molar-refractivity contribution in [2.24, 2.45) is 0 Å². The van der Waals surface area contributed by atoms with Gasteiger partial charge in [-0.25, -0.2) is 4.39 Å². The van der Waals surface area contributed by atoms with Gasteiger partial charge in [0.25, 0.3) is 17.7 Å². The van der Waals surface area contributed by atoms with Gasteiger partial charge in [0.15, 0.2) is 0 Å². The van der Waals surface area contributed by atoms with Gasteiger partial charge < -0.3 is 10.1 Å². The zero-order valence-electron chi connectivity index (χ0n) is 15.0. The van der Waals surface area contributed by atoms with Gasteiger partial charge in [-0.15, -0.1) is 0 Å². The van der Waals surface area contributed by atoms with E-state index >= 15 is 0 Å². The molecule has 0 spiro atoms. The number of carbonyl (C=O) groups excluding carboxylic acids is 3. The van der Waals surface area contributed by atoms with Crippen LogP contribution < -0.4 is 5.32 Å². The first-order valence-corrected chi connectivity index (χ1v) is 8.49. The molecule has 3 rings (SSSR count). The average Bonchev–Trinajstić information content (AvgIpc) is 2.88. The Morgan fingerprint density at radius 3 is 2.56 bits per heavy atom. The fourth-order valence-electron chi connectivity index (χ4n) is 2.96. The molecule has 2 aromatic carbocycles. The molecule has 1 aliphatic rings. The molecule has 6 nitrogen and oxygen atoms in total. The monoisotopic (exact) mass is 370 g/mol. The largest absolute Gasteiger partial charge is 0.385 e. The van der Waals surface area contributed by atoms with Crippen LogP contribution in [0.15, 0.2) is 36.4 Å². The van der Waals surface area contributed by atoms with Gasteiger partial charge in [-0.1, -0.05) is 0 Å². The number of hydrogen-bond donors (Lipinski definition) is 1. The van der Waals surface area contributed by atoms with Gasteiger partial charge in [-0.05, 0) is 55.3 Å². The molecule has 0 bridgehead atoms. The number of imide groups is 1. The molecule has 1 aliphatic heterocycles. The normalized spacial score (nSPS) is 13.1. The van der Waals surface area contributed by atoms with Crippen molar-refractivity contribution in [2.75, 3.05) is 25.6 Å². The van der Waals surface area contributed by atoms with E-state index in [1.165, 1.54) is 36.4 Å². The second kappa shape index (κ2) is 7.67. The van der Waals surface area contributed by atoms with Crippen molar-refractivity contribution in [1.29, 1.82) is 0 Å². The maximum Gasteiger partial charge on any atom is 0.261 e. The van der Waals surface area contributed by atoms with Gasteiger partial charge in [0, 0.05) is 31.5 Å². The molecule has 0 unspecified atom stereocenters. The summed E-state index contributed by atoms with van der Waals surface area (Å²) >= 11 is 0. The van der Waals surface area contributed by atoms with Crippen LogP contribution in [0, 0.1) is 12.7 Å². The number of aryl methyl sites for hydroxylation is 1. The van der Waals surface area contributed by atoms with Gasteiger partial charge in [-0.2, -0.15) is 0 Å². The lowest BCUT2D eigenvalue weighted by Gasteiger charge is -2.12. The molecule has 3 amide bonds. The summed E-state index contributed by atoms with van der Waals surface area (Å²) in [6, 6.07) is 8.45. The van der Waals surface area contributed by atoms with Crippen molar-refractivity contribution in [3.05, 3.63) is 64.5 Å². The van der Waals surface area contributed by atoms with Crippen LogP contribution >= 0.6 is 0 Å². The second-order valence-electron chi connectivity index (χ2n) is 6.28. The summed E-state index contributed by atoms with van der Waals surface area (Å²) in [7, 11) is 1.55. The maximum atomic E-state index is 13.2. The zero-order chi connectivity index (χ0) is 19.6. The molecule has 0 atom stereocenters. The van der Waals surface area contributed by atoms with Crippen LogP contribution in [-0.2, 0) is 4.74 Å². The van der Waals surface area contributed by atoms with Crippen LogP contribution in [0.4, 0.5) is 10.1 Å². The number of fused-ring (bicyclic) bond motifs is 1. The average molecular weight is 370 g/mol. The molecular weight excluding hydrogens is 351 g/mol. The van der Waals surface area contributed by atoms with E-state index in [1.807, 2.05) is 0 Å². The van der Waals surface area contributed by atoms with Crippen molar-refractivity contribution < 1.29 is 23.5 Å². The number of nitrogens with zero attached hydrogens (tertiary/aromatic N) is 1. The van der Waals surface area contributed by atoms with Crippen LogP contribution in [-0.4, -0.2) is 42.9 Å². The highest BCUT2D eigenvalue weighted by Crippen LogP contribution is 2.25. The number of methoxy groups -OCH3 is 1. The molecule has 0 radical (unpaired) electrons. The molecule has 0 aromatic heterocycles. The minimum atomic E-state index is -0.439. The van der Waals surface area contributed by atoms with E-state index in [9.17, 15) is 18.8 Å². The number of hydrogen-bond acceptors (Lipinski definition) is 4. The summed E-state index contributed by atoms with van der Waals surface area (Å²) in [6.45, 7) is 2.38. The Hall–Kier alpha value is -3.06. The molecule has 2 aromatic rings. The van der Waals surface area contributed by atoms with Gasteiger partial charge in [0.05, 0.1) is 11.1 Å². The van der Waals surface area contributed by atoms with Gasteiger partial charge in [0.1, 0.15) is 5.82 Å². The highest BCUT2D eigenvalue weighted by Gasteiger charge is 2.35. The number of nitrogens with one attached hydrogen (secondary N) is 1. The summed E-state index contributed by atoms with van der Waals surface area (Å²) in [4.78, 5) is 38.6. The fourth-order valence-corrected chi connectivity index (χ4v) is 2.96. The smallest absolute Gasteiger partial charge is 0.261 e. The van der Waals surface area contributed by atoms with Crippen molar-refractivity contribution in [1.82, 2.24) is 4.90 Å². The van der Waals surface area contributed by atoms with Crippen molar-refractivity contribution in [3.63, 3.8) is 0 Å². The minimum absolute atomic E-state index is 0.209. The van der Waals surface area contributed by atoms with Crippen LogP contribution in [0.1, 0.15) is 43.1 Å². The predicted octanol–water partition coefficient (Wildman–Crippen LogP) is 3.02. The lowest BCUT2D eigenvalue weighted by Crippen LogP contribution is -2.31. The zero-order valence-corrected chi connectivity index (χ0v) is 15.0. The van der Waals surface area contributed by atoms with Crippen molar-refractivity contribution in [2.45, 2.75) is 13.3 Å². The van der Waals surface area contributed by atoms with Crippen LogP contribution in [0.25, 0.3) is 0 Å². The van der Waals surface area contributed by atoms with Gasteiger partial charge in [0.2, 0.25) is 0 Å². The van der Waals surface area contributed by atoms with Crippen LogP contribution in [0.3, 0.4) is 0 Å². The summed E-state index contributed by atoms with van der Waals surface area (Å²) in [5.74, 6) is -1.61. The Labute approximate surface area is 155 Å². The third kappa shape index (κ3) is 3.73. The van der Waals surface area contributed by atoms with E-state index in [-0.39, 0.29) is 35.0 Å². The Morgan fingerprint density at radius 1 is 1.11 bits per heavy atom. The van der Waals surface area contributed by atoms with E-state index in [2.05, 4.69) is 5.32 Å². The molecule has 0 saturated heterocycles. The van der Waals surface area contributed by atoms with Gasteiger partial charge >= 0.3 is 0 Å². The first kappa shape index (κ1) is 18.7. The molecule has 0 saturated carbocycles. The first-order chi connectivity index (χ1) is 12.9. The number of anilines is 1. The Balaban J connectivity index is 1.80. The molecule has 0 fully saturated rings. The molecular formula is C20H19FN2O4. The van der Waals surface area contributed by atoms with Gasteiger partial charge in [-0.3, -0.25) is 19.3 Å². The first-order valence-electron chi connectivity index (χ1n) is 8.49. The van der Waals surface area contributed by atoms with Crippen LogP contribution in [0.5, 0.6) is 0 Å². The maximum absolute atomic E-state index is 13.2. The highest BCUT2D eigenvalue weighted by atomic mass is 19.1. The Kier molecular flexibility index (Phi) is 5.32. The number of amides is 3. The summed E-state index contributed by atoms with van der Waals surface area (Å²) < 4.78 is 18.1.